The number of rotatable bonds is 5. The lowest BCUT2D eigenvalue weighted by Gasteiger charge is -2.16. The maximum Gasteiger partial charge on any atom is 0.124 e. The van der Waals surface area contributed by atoms with Crippen molar-refractivity contribution in [2.45, 2.75) is 19.4 Å². The first-order chi connectivity index (χ1) is 9.58. The molecule has 0 aliphatic rings. The summed E-state index contributed by atoms with van der Waals surface area (Å²) in [5.41, 5.74) is 1.39. The van der Waals surface area contributed by atoms with E-state index in [1.165, 1.54) is 12.1 Å². The van der Waals surface area contributed by atoms with Crippen molar-refractivity contribution in [2.75, 3.05) is 6.54 Å². The number of phenols is 2. The van der Waals surface area contributed by atoms with E-state index in [4.69, 9.17) is 0 Å². The van der Waals surface area contributed by atoms with Crippen molar-refractivity contribution in [3.63, 3.8) is 0 Å². The molecular weight excluding hydrogens is 257 g/mol. The zero-order chi connectivity index (χ0) is 14.5. The Morgan fingerprint density at radius 1 is 1.10 bits per heavy atom. The van der Waals surface area contributed by atoms with E-state index in [1.807, 2.05) is 13.0 Å². The van der Waals surface area contributed by atoms with Crippen LogP contribution in [0.1, 0.15) is 24.1 Å². The third-order valence-corrected chi connectivity index (χ3v) is 3.25. The molecule has 0 aliphatic heterocycles. The summed E-state index contributed by atoms with van der Waals surface area (Å²) in [7, 11) is 0. The van der Waals surface area contributed by atoms with E-state index < -0.39 is 0 Å². The molecule has 0 heterocycles. The van der Waals surface area contributed by atoms with Crippen LogP contribution in [-0.2, 0) is 6.42 Å². The number of nitrogens with one attached hydrogen (secondary N) is 1. The fraction of sp³-hybridized carbons (Fsp3) is 0.250. The van der Waals surface area contributed by atoms with Gasteiger partial charge in [-0.15, -0.1) is 0 Å². The molecule has 3 nitrogen and oxygen atoms in total. The van der Waals surface area contributed by atoms with Gasteiger partial charge in [-0.1, -0.05) is 18.2 Å². The summed E-state index contributed by atoms with van der Waals surface area (Å²) in [5.74, 6) is -0.111. The summed E-state index contributed by atoms with van der Waals surface area (Å²) in [4.78, 5) is 0. The van der Waals surface area contributed by atoms with Gasteiger partial charge >= 0.3 is 0 Å². The topological polar surface area (TPSA) is 52.5 Å². The molecule has 0 fully saturated rings. The van der Waals surface area contributed by atoms with Crippen LogP contribution < -0.4 is 5.32 Å². The van der Waals surface area contributed by atoms with Crippen molar-refractivity contribution in [1.82, 2.24) is 5.32 Å². The van der Waals surface area contributed by atoms with Gasteiger partial charge in [0.05, 0.1) is 5.56 Å². The molecule has 20 heavy (non-hydrogen) atoms. The lowest BCUT2D eigenvalue weighted by Crippen LogP contribution is -2.21. The molecule has 0 radical (unpaired) electrons. The Bertz CT molecular complexity index is 566. The summed E-state index contributed by atoms with van der Waals surface area (Å²) in [5, 5.41) is 22.7. The Kier molecular flexibility index (Phi) is 4.58. The Morgan fingerprint density at radius 2 is 1.75 bits per heavy atom. The van der Waals surface area contributed by atoms with Crippen LogP contribution in [-0.4, -0.2) is 16.8 Å². The molecule has 2 aromatic rings. The molecule has 0 spiro atoms. The van der Waals surface area contributed by atoms with Crippen LogP contribution in [0.5, 0.6) is 11.5 Å². The molecular formula is C16H18FNO2. The summed E-state index contributed by atoms with van der Waals surface area (Å²) >= 11 is 0. The van der Waals surface area contributed by atoms with E-state index in [-0.39, 0.29) is 23.4 Å². The van der Waals surface area contributed by atoms with Crippen molar-refractivity contribution in [3.8, 4) is 11.5 Å². The molecule has 0 aliphatic carbocycles. The first-order valence-corrected chi connectivity index (χ1v) is 6.56. The average Bonchev–Trinajstić information content (AvgIpc) is 2.38. The molecule has 0 amide bonds. The van der Waals surface area contributed by atoms with Crippen molar-refractivity contribution in [3.05, 3.63) is 59.4 Å². The van der Waals surface area contributed by atoms with Crippen molar-refractivity contribution < 1.29 is 14.6 Å². The molecule has 4 heteroatoms. The van der Waals surface area contributed by atoms with Gasteiger partial charge in [0.1, 0.15) is 17.3 Å². The van der Waals surface area contributed by atoms with Crippen molar-refractivity contribution in [1.29, 1.82) is 0 Å². The van der Waals surface area contributed by atoms with E-state index in [1.54, 1.807) is 24.3 Å². The first kappa shape index (κ1) is 14.3. The van der Waals surface area contributed by atoms with Gasteiger partial charge in [0.15, 0.2) is 0 Å². The SMILES string of the molecule is CC(NCCc1cccc(F)c1)c1c(O)cccc1O. The van der Waals surface area contributed by atoms with Crippen LogP contribution in [0.25, 0.3) is 0 Å². The van der Waals surface area contributed by atoms with Gasteiger partial charge in [-0.3, -0.25) is 0 Å². The molecule has 2 rings (SSSR count). The Morgan fingerprint density at radius 3 is 2.40 bits per heavy atom. The maximum atomic E-state index is 13.0. The molecule has 2 aromatic carbocycles. The van der Waals surface area contributed by atoms with Crippen LogP contribution in [0.15, 0.2) is 42.5 Å². The highest BCUT2D eigenvalue weighted by Crippen LogP contribution is 2.31. The van der Waals surface area contributed by atoms with Gasteiger partial charge in [0.25, 0.3) is 0 Å². The lowest BCUT2D eigenvalue weighted by atomic mass is 10.1. The molecule has 1 atom stereocenters. The second-order valence-corrected chi connectivity index (χ2v) is 4.77. The van der Waals surface area contributed by atoms with Gasteiger partial charge in [0.2, 0.25) is 0 Å². The van der Waals surface area contributed by atoms with Crippen LogP contribution >= 0.6 is 0 Å². The molecule has 0 saturated heterocycles. The second kappa shape index (κ2) is 6.39. The predicted octanol–water partition coefficient (Wildman–Crippen LogP) is 3.13. The number of halogens is 1. The summed E-state index contributed by atoms with van der Waals surface area (Å²) in [6.07, 6.45) is 0.677. The van der Waals surface area contributed by atoms with Crippen LogP contribution in [0.4, 0.5) is 4.39 Å². The van der Waals surface area contributed by atoms with Crippen molar-refractivity contribution in [2.24, 2.45) is 0 Å². The van der Waals surface area contributed by atoms with Gasteiger partial charge < -0.3 is 15.5 Å². The molecule has 1 unspecified atom stereocenters. The van der Waals surface area contributed by atoms with E-state index in [0.29, 0.717) is 18.5 Å². The van der Waals surface area contributed by atoms with E-state index in [2.05, 4.69) is 5.32 Å². The number of phenolic OH excluding ortho intramolecular Hbond substituents is 2. The second-order valence-electron chi connectivity index (χ2n) is 4.77. The average molecular weight is 275 g/mol. The summed E-state index contributed by atoms with van der Waals surface area (Å²) in [6, 6.07) is 11.0. The minimum Gasteiger partial charge on any atom is -0.507 e. The standard InChI is InChI=1S/C16H18FNO2/c1-11(16-14(19)6-3-7-15(16)20)18-9-8-12-4-2-5-13(17)10-12/h2-7,10-11,18-20H,8-9H2,1H3. The molecule has 0 aromatic heterocycles. The number of hydrogen-bond acceptors (Lipinski definition) is 3. The van der Waals surface area contributed by atoms with Crippen LogP contribution in [0, 0.1) is 5.82 Å². The predicted molar refractivity (Wildman–Crippen MR) is 76.3 cm³/mol. The van der Waals surface area contributed by atoms with E-state index >= 15 is 0 Å². The van der Waals surface area contributed by atoms with Gasteiger partial charge in [-0.2, -0.15) is 0 Å². The minimum atomic E-state index is -0.242. The highest BCUT2D eigenvalue weighted by molar-refractivity contribution is 5.44. The molecule has 106 valence electrons. The number of aromatic hydroxyl groups is 2. The number of hydrogen-bond donors (Lipinski definition) is 3. The zero-order valence-electron chi connectivity index (χ0n) is 11.3. The van der Waals surface area contributed by atoms with Crippen LogP contribution in [0.3, 0.4) is 0 Å². The maximum absolute atomic E-state index is 13.0. The van der Waals surface area contributed by atoms with Gasteiger partial charge in [-0.25, -0.2) is 4.39 Å². The van der Waals surface area contributed by atoms with E-state index in [0.717, 1.165) is 5.56 Å². The van der Waals surface area contributed by atoms with Gasteiger partial charge in [-0.05, 0) is 49.7 Å². The largest absolute Gasteiger partial charge is 0.507 e. The quantitative estimate of drug-likeness (QED) is 0.785. The smallest absolute Gasteiger partial charge is 0.124 e. The third-order valence-electron chi connectivity index (χ3n) is 3.25. The first-order valence-electron chi connectivity index (χ1n) is 6.56. The monoisotopic (exact) mass is 275 g/mol. The Hall–Kier alpha value is -2.07. The van der Waals surface area contributed by atoms with E-state index in [9.17, 15) is 14.6 Å². The minimum absolute atomic E-state index is 0.0655. The molecule has 0 saturated carbocycles. The fourth-order valence-corrected chi connectivity index (χ4v) is 2.21. The summed E-state index contributed by atoms with van der Waals surface area (Å²) < 4.78 is 13.0. The van der Waals surface area contributed by atoms with Crippen LogP contribution in [0.2, 0.25) is 0 Å². The Labute approximate surface area is 117 Å². The highest BCUT2D eigenvalue weighted by atomic mass is 19.1. The fourth-order valence-electron chi connectivity index (χ4n) is 2.21. The van der Waals surface area contributed by atoms with Gasteiger partial charge in [0, 0.05) is 6.04 Å². The normalized spacial score (nSPS) is 12.3. The highest BCUT2D eigenvalue weighted by Gasteiger charge is 2.14. The lowest BCUT2D eigenvalue weighted by molar-refractivity contribution is 0.419. The molecule has 3 N–H and O–H groups in total. The zero-order valence-corrected chi connectivity index (χ0v) is 11.3. The third kappa shape index (κ3) is 3.48. The molecule has 0 bridgehead atoms. The number of benzene rings is 2. The Balaban J connectivity index is 1.94. The van der Waals surface area contributed by atoms with Crippen molar-refractivity contribution >= 4 is 0 Å². The summed E-state index contributed by atoms with van der Waals surface area (Å²) in [6.45, 7) is 2.48.